The minimum atomic E-state index is 0.452. The lowest BCUT2D eigenvalue weighted by Crippen LogP contribution is -2.15. The third kappa shape index (κ3) is 3.14. The second-order valence-corrected chi connectivity index (χ2v) is 6.78. The van der Waals surface area contributed by atoms with Gasteiger partial charge < -0.3 is 4.42 Å². The summed E-state index contributed by atoms with van der Waals surface area (Å²) in [4.78, 5) is 5.11. The second kappa shape index (κ2) is 6.64. The molecule has 0 spiro atoms. The first-order chi connectivity index (χ1) is 11.8. The first-order valence-electron chi connectivity index (χ1n) is 8.93. The number of aryl methyl sites for hydroxylation is 1. The summed E-state index contributed by atoms with van der Waals surface area (Å²) in [5, 5.41) is 2.20. The van der Waals surface area contributed by atoms with Crippen molar-refractivity contribution in [3.05, 3.63) is 65.5 Å². The van der Waals surface area contributed by atoms with Gasteiger partial charge >= 0.3 is 0 Å². The van der Waals surface area contributed by atoms with Gasteiger partial charge in [0.1, 0.15) is 11.3 Å². The summed E-state index contributed by atoms with van der Waals surface area (Å²) in [7, 11) is 0. The van der Waals surface area contributed by atoms with Crippen LogP contribution in [0.5, 0.6) is 0 Å². The second-order valence-electron chi connectivity index (χ2n) is 6.78. The van der Waals surface area contributed by atoms with Gasteiger partial charge in [0.25, 0.3) is 0 Å². The zero-order valence-electron chi connectivity index (χ0n) is 14.2. The fourth-order valence-electron chi connectivity index (χ4n) is 3.54. The predicted octanol–water partition coefficient (Wildman–Crippen LogP) is 5.64. The molecule has 0 aliphatic heterocycles. The van der Waals surface area contributed by atoms with Crippen LogP contribution in [0.3, 0.4) is 0 Å². The van der Waals surface area contributed by atoms with Gasteiger partial charge in [-0.15, -0.1) is 0 Å². The molecule has 0 radical (unpaired) electrons. The maximum Gasteiger partial charge on any atom is 0.136 e. The molecule has 122 valence electrons. The molecule has 4 rings (SSSR count). The molecule has 0 N–H and O–H groups in total. The molecule has 2 aromatic carbocycles. The quantitative estimate of drug-likeness (QED) is 0.600. The van der Waals surface area contributed by atoms with E-state index in [2.05, 4.69) is 43.3 Å². The molecule has 2 nitrogen and oxygen atoms in total. The number of hydrogen-bond donors (Lipinski definition) is 0. The van der Waals surface area contributed by atoms with Gasteiger partial charge in [-0.2, -0.15) is 0 Å². The van der Waals surface area contributed by atoms with Crippen LogP contribution < -0.4 is 5.36 Å². The average molecular weight is 317 g/mol. The fraction of sp³-hybridized carbons (Fsp3) is 0.318. The molecular formula is C22H23NO. The van der Waals surface area contributed by atoms with Gasteiger partial charge in [-0.25, -0.2) is 0 Å². The molecule has 24 heavy (non-hydrogen) atoms. The standard InChI is InChI=1S/C22H23NO/c1-16-12-13-21-19(14-16)20(23-18-10-6-3-7-11-18)15-22(24-21)17-8-4-2-5-9-17/h2,4-5,8-9,12-15,18H,3,6-7,10-11H2,1H3. The topological polar surface area (TPSA) is 25.5 Å². The molecule has 1 heterocycles. The van der Waals surface area contributed by atoms with Crippen molar-refractivity contribution in [2.75, 3.05) is 0 Å². The Bertz CT molecular complexity index is 902. The van der Waals surface area contributed by atoms with E-state index in [9.17, 15) is 0 Å². The highest BCUT2D eigenvalue weighted by Gasteiger charge is 2.13. The normalized spacial score (nSPS) is 16.6. The summed E-state index contributed by atoms with van der Waals surface area (Å²) in [6, 6.07) is 19.2. The highest BCUT2D eigenvalue weighted by Crippen LogP contribution is 2.24. The predicted molar refractivity (Wildman–Crippen MR) is 98.8 cm³/mol. The van der Waals surface area contributed by atoms with Crippen molar-refractivity contribution in [3.63, 3.8) is 0 Å². The molecule has 3 aromatic rings. The average Bonchev–Trinajstić information content (AvgIpc) is 2.63. The number of fused-ring (bicyclic) bond motifs is 1. The van der Waals surface area contributed by atoms with E-state index in [0.29, 0.717) is 6.04 Å². The van der Waals surface area contributed by atoms with Crippen molar-refractivity contribution >= 4 is 11.0 Å². The Morgan fingerprint density at radius 1 is 0.917 bits per heavy atom. The molecular weight excluding hydrogens is 294 g/mol. The first-order valence-corrected chi connectivity index (χ1v) is 8.93. The number of rotatable bonds is 2. The molecule has 0 amide bonds. The van der Waals surface area contributed by atoms with Gasteiger partial charge in [-0.3, -0.25) is 4.99 Å². The van der Waals surface area contributed by atoms with Gasteiger partial charge in [0.05, 0.1) is 11.4 Å². The Kier molecular flexibility index (Phi) is 4.20. The summed E-state index contributed by atoms with van der Waals surface area (Å²) in [6.07, 6.45) is 6.37. The van der Waals surface area contributed by atoms with Gasteiger partial charge in [0.15, 0.2) is 0 Å². The van der Waals surface area contributed by atoms with Crippen molar-refractivity contribution in [1.29, 1.82) is 0 Å². The van der Waals surface area contributed by atoms with Gasteiger partial charge in [-0.1, -0.05) is 61.2 Å². The maximum atomic E-state index is 6.17. The first kappa shape index (κ1) is 15.2. The van der Waals surface area contributed by atoms with Crippen molar-refractivity contribution in [1.82, 2.24) is 0 Å². The minimum Gasteiger partial charge on any atom is -0.456 e. The molecule has 1 aliphatic rings. The van der Waals surface area contributed by atoms with Crippen LogP contribution in [0.4, 0.5) is 0 Å². The number of benzene rings is 2. The third-order valence-corrected chi connectivity index (χ3v) is 4.85. The van der Waals surface area contributed by atoms with Crippen LogP contribution in [0, 0.1) is 6.92 Å². The lowest BCUT2D eigenvalue weighted by Gasteiger charge is -2.17. The summed E-state index contributed by atoms with van der Waals surface area (Å²) >= 11 is 0. The van der Waals surface area contributed by atoms with Crippen LogP contribution in [-0.2, 0) is 0 Å². The van der Waals surface area contributed by atoms with Crippen LogP contribution in [0.2, 0.25) is 0 Å². The molecule has 0 bridgehead atoms. The zero-order chi connectivity index (χ0) is 16.4. The van der Waals surface area contributed by atoms with E-state index >= 15 is 0 Å². The Morgan fingerprint density at radius 2 is 1.71 bits per heavy atom. The maximum absolute atomic E-state index is 6.17. The summed E-state index contributed by atoms with van der Waals surface area (Å²) in [5.74, 6) is 0.890. The van der Waals surface area contributed by atoms with E-state index in [1.54, 1.807) is 0 Å². The smallest absolute Gasteiger partial charge is 0.136 e. The minimum absolute atomic E-state index is 0.452. The van der Waals surface area contributed by atoms with Crippen LogP contribution in [0.1, 0.15) is 37.7 Å². The monoisotopic (exact) mass is 317 g/mol. The SMILES string of the molecule is Cc1ccc2oc(-c3ccccc3)cc(=NC3CCCCC3)c2c1. The molecule has 2 heteroatoms. The molecule has 0 atom stereocenters. The summed E-state index contributed by atoms with van der Waals surface area (Å²) < 4.78 is 6.17. The lowest BCUT2D eigenvalue weighted by atomic mass is 9.96. The highest BCUT2D eigenvalue weighted by atomic mass is 16.3. The van der Waals surface area contributed by atoms with Gasteiger partial charge in [0.2, 0.25) is 0 Å². The Labute approximate surface area is 142 Å². The third-order valence-electron chi connectivity index (χ3n) is 4.85. The molecule has 0 unspecified atom stereocenters. The fourth-order valence-corrected chi connectivity index (χ4v) is 3.54. The van der Waals surface area contributed by atoms with E-state index in [4.69, 9.17) is 9.41 Å². The Morgan fingerprint density at radius 3 is 2.50 bits per heavy atom. The van der Waals surface area contributed by atoms with Gasteiger partial charge in [-0.05, 0) is 31.9 Å². The van der Waals surface area contributed by atoms with E-state index in [-0.39, 0.29) is 0 Å². The van der Waals surface area contributed by atoms with Crippen LogP contribution in [-0.4, -0.2) is 6.04 Å². The van der Waals surface area contributed by atoms with E-state index < -0.39 is 0 Å². The lowest BCUT2D eigenvalue weighted by molar-refractivity contribution is 0.437. The number of hydrogen-bond acceptors (Lipinski definition) is 2. The van der Waals surface area contributed by atoms with E-state index in [1.165, 1.54) is 37.7 Å². The van der Waals surface area contributed by atoms with Crippen LogP contribution in [0.15, 0.2) is 64.0 Å². The Hall–Kier alpha value is -2.35. The molecule has 0 saturated heterocycles. The Balaban J connectivity index is 1.91. The van der Waals surface area contributed by atoms with Crippen molar-refractivity contribution in [2.24, 2.45) is 4.99 Å². The molecule has 1 aliphatic carbocycles. The number of nitrogens with zero attached hydrogens (tertiary/aromatic N) is 1. The summed E-state index contributed by atoms with van der Waals surface area (Å²) in [5.41, 5.74) is 3.25. The highest BCUT2D eigenvalue weighted by molar-refractivity contribution is 5.79. The van der Waals surface area contributed by atoms with Gasteiger partial charge in [0, 0.05) is 17.0 Å². The van der Waals surface area contributed by atoms with Crippen molar-refractivity contribution in [2.45, 2.75) is 45.1 Å². The summed E-state index contributed by atoms with van der Waals surface area (Å²) in [6.45, 7) is 2.12. The molecule has 1 saturated carbocycles. The van der Waals surface area contributed by atoms with Crippen molar-refractivity contribution in [3.8, 4) is 11.3 Å². The van der Waals surface area contributed by atoms with Crippen LogP contribution in [0.25, 0.3) is 22.3 Å². The van der Waals surface area contributed by atoms with E-state index in [1.807, 2.05) is 18.2 Å². The zero-order valence-corrected chi connectivity index (χ0v) is 14.2. The molecule has 1 aromatic heterocycles. The van der Waals surface area contributed by atoms with E-state index in [0.717, 1.165) is 27.7 Å². The van der Waals surface area contributed by atoms with Crippen molar-refractivity contribution < 1.29 is 4.42 Å². The largest absolute Gasteiger partial charge is 0.456 e. The van der Waals surface area contributed by atoms with Crippen LogP contribution >= 0.6 is 0 Å². The molecule has 1 fully saturated rings.